The summed E-state index contributed by atoms with van der Waals surface area (Å²) >= 11 is 0. The molecule has 3 N–H and O–H groups in total. The van der Waals surface area contributed by atoms with Crippen molar-refractivity contribution in [1.82, 2.24) is 10.6 Å². The first-order chi connectivity index (χ1) is 12.5. The zero-order valence-electron chi connectivity index (χ0n) is 15.5. The second kappa shape index (κ2) is 9.62. The first-order valence-corrected chi connectivity index (χ1v) is 8.67. The van der Waals surface area contributed by atoms with Gasteiger partial charge in [-0.15, -0.1) is 0 Å². The molecule has 0 bridgehead atoms. The molecule has 0 radical (unpaired) electrons. The van der Waals surface area contributed by atoms with E-state index in [0.29, 0.717) is 5.76 Å². The van der Waals surface area contributed by atoms with Gasteiger partial charge in [-0.05, 0) is 31.2 Å². The molecule has 0 spiro atoms. The number of anilines is 1. The largest absolute Gasteiger partial charge is 0.467 e. The van der Waals surface area contributed by atoms with Crippen LogP contribution in [0.5, 0.6) is 0 Å². The summed E-state index contributed by atoms with van der Waals surface area (Å²) in [5, 5.41) is 4.95. The van der Waals surface area contributed by atoms with E-state index in [1.54, 1.807) is 12.1 Å². The molecule has 7 nitrogen and oxygen atoms in total. The minimum absolute atomic E-state index is 0.236. The van der Waals surface area contributed by atoms with Crippen LogP contribution >= 0.6 is 0 Å². The van der Waals surface area contributed by atoms with E-state index in [0.717, 1.165) is 29.2 Å². The molecular formula is C19H27N4O3+. The molecule has 0 aliphatic carbocycles. The number of carbonyl (C=O) groups is 2. The van der Waals surface area contributed by atoms with Crippen molar-refractivity contribution in [2.45, 2.75) is 20.0 Å². The molecule has 26 heavy (non-hydrogen) atoms. The summed E-state index contributed by atoms with van der Waals surface area (Å²) in [4.78, 5) is 27.0. The lowest BCUT2D eigenvalue weighted by Crippen LogP contribution is -3.11. The summed E-state index contributed by atoms with van der Waals surface area (Å²) in [7, 11) is 4.00. The molecule has 140 valence electrons. The number of nitrogens with one attached hydrogen (secondary N) is 3. The van der Waals surface area contributed by atoms with Crippen molar-refractivity contribution in [2.24, 2.45) is 0 Å². The fraction of sp³-hybridized carbons (Fsp3) is 0.368. The van der Waals surface area contributed by atoms with Gasteiger partial charge in [-0.3, -0.25) is 10.1 Å². The van der Waals surface area contributed by atoms with Gasteiger partial charge in [0.2, 0.25) is 0 Å². The number of urea groups is 1. The number of quaternary nitrogens is 1. The number of amides is 3. The molecule has 2 rings (SSSR count). The van der Waals surface area contributed by atoms with Gasteiger partial charge in [-0.25, -0.2) is 4.79 Å². The van der Waals surface area contributed by atoms with E-state index >= 15 is 0 Å². The van der Waals surface area contributed by atoms with Gasteiger partial charge >= 0.3 is 6.03 Å². The normalized spacial score (nSPS) is 11.7. The molecule has 1 aromatic heterocycles. The number of hydrogen-bond donors (Lipinski definition) is 3. The summed E-state index contributed by atoms with van der Waals surface area (Å²) < 4.78 is 5.13. The highest BCUT2D eigenvalue weighted by molar-refractivity contribution is 5.94. The minimum atomic E-state index is -0.516. The minimum Gasteiger partial charge on any atom is -0.467 e. The van der Waals surface area contributed by atoms with Gasteiger partial charge in [0.15, 0.2) is 6.54 Å². The molecule has 0 saturated carbocycles. The van der Waals surface area contributed by atoms with E-state index in [1.165, 1.54) is 6.26 Å². The number of hydrogen-bond acceptors (Lipinski definition) is 4. The Balaban J connectivity index is 1.78. The SMILES string of the molecule is CC[NH+](CC(=O)NC(=O)NCc1ccco1)Cc1ccc(N(C)C)cc1. The summed E-state index contributed by atoms with van der Waals surface area (Å²) in [5.74, 6) is 0.332. The van der Waals surface area contributed by atoms with E-state index in [1.807, 2.05) is 25.9 Å². The first-order valence-electron chi connectivity index (χ1n) is 8.67. The monoisotopic (exact) mass is 359 g/mol. The van der Waals surface area contributed by atoms with Gasteiger partial charge in [0, 0.05) is 25.3 Å². The Bertz CT molecular complexity index is 696. The van der Waals surface area contributed by atoms with Crippen LogP contribution in [-0.4, -0.2) is 39.1 Å². The fourth-order valence-corrected chi connectivity index (χ4v) is 2.54. The molecule has 1 atom stereocenters. The summed E-state index contributed by atoms with van der Waals surface area (Å²) in [6, 6.07) is 11.2. The van der Waals surface area contributed by atoms with Gasteiger partial charge in [0.05, 0.1) is 19.4 Å². The lowest BCUT2D eigenvalue weighted by Gasteiger charge is -2.18. The average Bonchev–Trinajstić information content (AvgIpc) is 3.13. The molecule has 2 aromatic rings. The number of benzene rings is 1. The van der Waals surface area contributed by atoms with Crippen LogP contribution in [0.15, 0.2) is 47.1 Å². The van der Waals surface area contributed by atoms with E-state index in [-0.39, 0.29) is 19.0 Å². The number of imide groups is 1. The van der Waals surface area contributed by atoms with E-state index in [4.69, 9.17) is 4.42 Å². The number of carbonyl (C=O) groups excluding carboxylic acids is 2. The van der Waals surface area contributed by atoms with E-state index in [2.05, 4.69) is 34.9 Å². The zero-order valence-corrected chi connectivity index (χ0v) is 15.5. The number of nitrogens with zero attached hydrogens (tertiary/aromatic N) is 1. The molecule has 0 fully saturated rings. The maximum absolute atomic E-state index is 12.1. The Morgan fingerprint density at radius 3 is 2.46 bits per heavy atom. The van der Waals surface area contributed by atoms with Crippen LogP contribution in [0, 0.1) is 0 Å². The van der Waals surface area contributed by atoms with Crippen LogP contribution < -0.4 is 20.4 Å². The molecule has 0 saturated heterocycles. The summed E-state index contributed by atoms with van der Waals surface area (Å²) in [6.45, 7) is 4.02. The highest BCUT2D eigenvalue weighted by Crippen LogP contribution is 2.11. The summed E-state index contributed by atoms with van der Waals surface area (Å²) in [6.07, 6.45) is 1.54. The zero-order chi connectivity index (χ0) is 18.9. The fourth-order valence-electron chi connectivity index (χ4n) is 2.54. The molecule has 3 amide bonds. The highest BCUT2D eigenvalue weighted by Gasteiger charge is 2.15. The van der Waals surface area contributed by atoms with Crippen LogP contribution in [0.3, 0.4) is 0 Å². The lowest BCUT2D eigenvalue weighted by molar-refractivity contribution is -0.904. The first kappa shape index (κ1) is 19.5. The van der Waals surface area contributed by atoms with Gasteiger partial charge in [0.25, 0.3) is 5.91 Å². The van der Waals surface area contributed by atoms with Crippen molar-refractivity contribution in [2.75, 3.05) is 32.1 Å². The van der Waals surface area contributed by atoms with Crippen LogP contribution in [0.25, 0.3) is 0 Å². The summed E-state index contributed by atoms with van der Waals surface area (Å²) in [5.41, 5.74) is 2.29. The molecular weight excluding hydrogens is 332 g/mol. The molecule has 0 aliphatic rings. The Kier molecular flexibility index (Phi) is 7.23. The number of rotatable bonds is 8. The maximum Gasteiger partial charge on any atom is 0.321 e. The Hall–Kier alpha value is -2.80. The highest BCUT2D eigenvalue weighted by atomic mass is 16.3. The predicted octanol–water partition coefficient (Wildman–Crippen LogP) is 0.776. The molecule has 1 unspecified atom stereocenters. The van der Waals surface area contributed by atoms with Gasteiger partial charge < -0.3 is 19.5 Å². The third kappa shape index (κ3) is 6.25. The standard InChI is InChI=1S/C19H26N4O3/c1-4-23(13-15-7-9-16(10-8-15)22(2)3)14-18(24)21-19(25)20-12-17-6-5-11-26-17/h5-11H,4,12-14H2,1-3H3,(H2,20,21,24,25)/p+1. The average molecular weight is 359 g/mol. The Labute approximate surface area is 154 Å². The van der Waals surface area contributed by atoms with Crippen LogP contribution in [0.4, 0.5) is 10.5 Å². The Morgan fingerprint density at radius 2 is 1.88 bits per heavy atom. The number of likely N-dealkylation sites (N-methyl/N-ethyl adjacent to an activating group) is 1. The molecule has 1 aromatic carbocycles. The maximum atomic E-state index is 12.1. The van der Waals surface area contributed by atoms with Crippen molar-refractivity contribution in [1.29, 1.82) is 0 Å². The Morgan fingerprint density at radius 1 is 1.15 bits per heavy atom. The van der Waals surface area contributed by atoms with Crippen molar-refractivity contribution in [3.05, 3.63) is 54.0 Å². The molecule has 0 aliphatic heterocycles. The lowest BCUT2D eigenvalue weighted by atomic mass is 10.2. The van der Waals surface area contributed by atoms with Crippen molar-refractivity contribution < 1.29 is 18.9 Å². The van der Waals surface area contributed by atoms with Gasteiger partial charge in [0.1, 0.15) is 12.3 Å². The quantitative estimate of drug-likeness (QED) is 0.651. The van der Waals surface area contributed by atoms with Crippen LogP contribution in [-0.2, 0) is 17.9 Å². The van der Waals surface area contributed by atoms with E-state index in [9.17, 15) is 9.59 Å². The second-order valence-electron chi connectivity index (χ2n) is 6.33. The van der Waals surface area contributed by atoms with Crippen LogP contribution in [0.1, 0.15) is 18.2 Å². The third-order valence-corrected chi connectivity index (χ3v) is 4.07. The predicted molar refractivity (Wildman–Crippen MR) is 99.9 cm³/mol. The van der Waals surface area contributed by atoms with Gasteiger partial charge in [-0.1, -0.05) is 12.1 Å². The molecule has 7 heteroatoms. The van der Waals surface area contributed by atoms with Crippen LogP contribution in [0.2, 0.25) is 0 Å². The third-order valence-electron chi connectivity index (χ3n) is 4.07. The smallest absolute Gasteiger partial charge is 0.321 e. The van der Waals surface area contributed by atoms with Crippen molar-refractivity contribution in [3.8, 4) is 0 Å². The van der Waals surface area contributed by atoms with Gasteiger partial charge in [-0.2, -0.15) is 0 Å². The van der Waals surface area contributed by atoms with Crippen molar-refractivity contribution in [3.63, 3.8) is 0 Å². The van der Waals surface area contributed by atoms with E-state index < -0.39 is 6.03 Å². The topological polar surface area (TPSA) is 79.0 Å². The molecule has 1 heterocycles. The van der Waals surface area contributed by atoms with Crippen molar-refractivity contribution >= 4 is 17.6 Å². The number of furan rings is 1. The second-order valence-corrected chi connectivity index (χ2v) is 6.33.